The van der Waals surface area contributed by atoms with E-state index >= 15 is 0 Å². The molecule has 7 heteroatoms. The zero-order chi connectivity index (χ0) is 15.6. The molecular formula is C15H14F3N3O. The highest BCUT2D eigenvalue weighted by Gasteiger charge is 2.32. The summed E-state index contributed by atoms with van der Waals surface area (Å²) in [6.07, 6.45) is -2.26. The number of halogens is 3. The van der Waals surface area contributed by atoms with Gasteiger partial charge < -0.3 is 15.4 Å². The van der Waals surface area contributed by atoms with E-state index in [1.54, 1.807) is 12.3 Å². The number of ether oxygens (including phenoxy) is 1. The Morgan fingerprint density at radius 3 is 2.86 bits per heavy atom. The molecule has 4 nitrogen and oxygen atoms in total. The van der Waals surface area contributed by atoms with Gasteiger partial charge in [-0.15, -0.1) is 13.2 Å². The molecule has 3 rings (SSSR count). The lowest BCUT2D eigenvalue weighted by Gasteiger charge is -2.18. The maximum Gasteiger partial charge on any atom is 0.573 e. The summed E-state index contributed by atoms with van der Waals surface area (Å²) in [4.78, 5) is 4.35. The third-order valence-electron chi connectivity index (χ3n) is 3.31. The number of nitrogens with one attached hydrogen (secondary N) is 2. The number of hydrogen-bond acceptors (Lipinski definition) is 4. The normalized spacial score (nSPS) is 14.3. The van der Waals surface area contributed by atoms with Gasteiger partial charge in [0.05, 0.1) is 17.6 Å². The SMILES string of the molecule is FC(F)(F)Oc1ccccc1Nc1cnc2c(c1)CNCC2. The van der Waals surface area contributed by atoms with E-state index in [0.717, 1.165) is 24.2 Å². The van der Waals surface area contributed by atoms with Crippen molar-refractivity contribution in [2.45, 2.75) is 19.3 Å². The first kappa shape index (κ1) is 14.6. The third-order valence-corrected chi connectivity index (χ3v) is 3.31. The van der Waals surface area contributed by atoms with E-state index in [-0.39, 0.29) is 11.4 Å². The Labute approximate surface area is 125 Å². The van der Waals surface area contributed by atoms with Gasteiger partial charge in [0.15, 0.2) is 5.75 Å². The summed E-state index contributed by atoms with van der Waals surface area (Å²) in [5, 5.41) is 6.16. The minimum atomic E-state index is -4.73. The Bertz CT molecular complexity index is 673. The molecule has 0 unspecified atom stereocenters. The highest BCUT2D eigenvalue weighted by atomic mass is 19.4. The smallest absolute Gasteiger partial charge is 0.404 e. The highest BCUT2D eigenvalue weighted by molar-refractivity contribution is 5.66. The van der Waals surface area contributed by atoms with Crippen LogP contribution in [0.2, 0.25) is 0 Å². The van der Waals surface area contributed by atoms with Gasteiger partial charge in [0.1, 0.15) is 0 Å². The molecule has 0 aliphatic carbocycles. The Hall–Kier alpha value is -2.28. The molecular weight excluding hydrogens is 295 g/mol. The minimum Gasteiger partial charge on any atom is -0.404 e. The van der Waals surface area contributed by atoms with E-state index in [9.17, 15) is 13.2 Å². The second kappa shape index (κ2) is 5.84. The maximum atomic E-state index is 12.4. The number of pyridine rings is 1. The predicted molar refractivity (Wildman–Crippen MR) is 76.1 cm³/mol. The molecule has 2 N–H and O–H groups in total. The van der Waals surface area contributed by atoms with Gasteiger partial charge in [-0.1, -0.05) is 12.1 Å². The van der Waals surface area contributed by atoms with Crippen molar-refractivity contribution in [3.63, 3.8) is 0 Å². The summed E-state index contributed by atoms with van der Waals surface area (Å²) in [5.41, 5.74) is 2.93. The van der Waals surface area contributed by atoms with Crippen molar-refractivity contribution in [1.82, 2.24) is 10.3 Å². The molecule has 0 bridgehead atoms. The molecule has 0 saturated carbocycles. The lowest BCUT2D eigenvalue weighted by Crippen LogP contribution is -2.24. The van der Waals surface area contributed by atoms with Crippen molar-refractivity contribution in [3.8, 4) is 5.75 Å². The molecule has 2 heterocycles. The van der Waals surface area contributed by atoms with Crippen LogP contribution in [0.5, 0.6) is 5.75 Å². The van der Waals surface area contributed by atoms with Crippen molar-refractivity contribution < 1.29 is 17.9 Å². The summed E-state index contributed by atoms with van der Waals surface area (Å²) in [6.45, 7) is 1.59. The molecule has 0 fully saturated rings. The fraction of sp³-hybridized carbons (Fsp3) is 0.267. The van der Waals surface area contributed by atoms with Crippen LogP contribution in [0.3, 0.4) is 0 Å². The van der Waals surface area contributed by atoms with Gasteiger partial charge in [-0.2, -0.15) is 0 Å². The molecule has 116 valence electrons. The van der Waals surface area contributed by atoms with Gasteiger partial charge in [-0.05, 0) is 23.8 Å². The summed E-state index contributed by atoms with van der Waals surface area (Å²) in [6, 6.07) is 7.81. The molecule has 1 aliphatic heterocycles. The van der Waals surface area contributed by atoms with Crippen LogP contribution in [-0.4, -0.2) is 17.9 Å². The largest absolute Gasteiger partial charge is 0.573 e. The summed E-state index contributed by atoms with van der Waals surface area (Å²) in [7, 11) is 0. The minimum absolute atomic E-state index is 0.241. The van der Waals surface area contributed by atoms with E-state index in [2.05, 4.69) is 20.4 Å². The molecule has 0 radical (unpaired) electrons. The number of aromatic nitrogens is 1. The number of benzene rings is 1. The number of anilines is 2. The Morgan fingerprint density at radius 2 is 2.05 bits per heavy atom. The van der Waals surface area contributed by atoms with Gasteiger partial charge in [-0.3, -0.25) is 4.98 Å². The first-order valence-corrected chi connectivity index (χ1v) is 6.81. The summed E-state index contributed by atoms with van der Waals surface area (Å²) >= 11 is 0. The van der Waals surface area contributed by atoms with E-state index in [0.29, 0.717) is 12.2 Å². The molecule has 0 amide bonds. The van der Waals surface area contributed by atoms with Crippen molar-refractivity contribution in [1.29, 1.82) is 0 Å². The van der Waals surface area contributed by atoms with E-state index < -0.39 is 6.36 Å². The van der Waals surface area contributed by atoms with E-state index in [4.69, 9.17) is 0 Å². The van der Waals surface area contributed by atoms with Gasteiger partial charge in [0.25, 0.3) is 0 Å². The number of hydrogen-bond donors (Lipinski definition) is 2. The van der Waals surface area contributed by atoms with Crippen molar-refractivity contribution in [3.05, 3.63) is 47.8 Å². The van der Waals surface area contributed by atoms with Gasteiger partial charge in [0, 0.05) is 25.2 Å². The molecule has 0 spiro atoms. The van der Waals surface area contributed by atoms with Crippen LogP contribution in [0.25, 0.3) is 0 Å². The topological polar surface area (TPSA) is 46.2 Å². The quantitative estimate of drug-likeness (QED) is 0.912. The maximum absolute atomic E-state index is 12.4. The first-order chi connectivity index (χ1) is 10.5. The van der Waals surface area contributed by atoms with Crippen LogP contribution < -0.4 is 15.4 Å². The van der Waals surface area contributed by atoms with Gasteiger partial charge >= 0.3 is 6.36 Å². The lowest BCUT2D eigenvalue weighted by molar-refractivity contribution is -0.274. The molecule has 1 aromatic carbocycles. The van der Waals surface area contributed by atoms with Crippen LogP contribution in [0.1, 0.15) is 11.3 Å². The van der Waals surface area contributed by atoms with Crippen LogP contribution in [0, 0.1) is 0 Å². The van der Waals surface area contributed by atoms with Gasteiger partial charge in [-0.25, -0.2) is 0 Å². The predicted octanol–water partition coefficient (Wildman–Crippen LogP) is 3.37. The van der Waals surface area contributed by atoms with Crippen molar-refractivity contribution in [2.75, 3.05) is 11.9 Å². The van der Waals surface area contributed by atoms with Crippen LogP contribution in [0.15, 0.2) is 36.5 Å². The number of para-hydroxylation sites is 2. The van der Waals surface area contributed by atoms with Crippen molar-refractivity contribution in [2.24, 2.45) is 0 Å². The molecule has 1 aromatic heterocycles. The highest BCUT2D eigenvalue weighted by Crippen LogP contribution is 2.32. The Morgan fingerprint density at radius 1 is 1.23 bits per heavy atom. The number of fused-ring (bicyclic) bond motifs is 1. The number of alkyl halides is 3. The molecule has 0 saturated heterocycles. The second-order valence-electron chi connectivity index (χ2n) is 4.93. The van der Waals surface area contributed by atoms with E-state index in [1.165, 1.54) is 18.2 Å². The number of rotatable bonds is 3. The fourth-order valence-electron chi connectivity index (χ4n) is 2.35. The Balaban J connectivity index is 1.84. The van der Waals surface area contributed by atoms with Gasteiger partial charge in [0.2, 0.25) is 0 Å². The van der Waals surface area contributed by atoms with Crippen molar-refractivity contribution >= 4 is 11.4 Å². The lowest BCUT2D eigenvalue weighted by atomic mass is 10.1. The summed E-state index contributed by atoms with van der Waals surface area (Å²) in [5.74, 6) is -0.272. The summed E-state index contributed by atoms with van der Waals surface area (Å²) < 4.78 is 41.3. The van der Waals surface area contributed by atoms with Crippen LogP contribution in [0.4, 0.5) is 24.5 Å². The zero-order valence-electron chi connectivity index (χ0n) is 11.6. The molecule has 22 heavy (non-hydrogen) atoms. The average Bonchev–Trinajstić information content (AvgIpc) is 2.48. The second-order valence-corrected chi connectivity index (χ2v) is 4.93. The standard InChI is InChI=1S/C15H14F3N3O/c16-15(17,18)22-14-4-2-1-3-13(14)21-11-7-10-8-19-6-5-12(10)20-9-11/h1-4,7,9,19,21H,5-6,8H2. The average molecular weight is 309 g/mol. The molecule has 2 aromatic rings. The van der Waals surface area contributed by atoms with E-state index in [1.807, 2.05) is 6.07 Å². The monoisotopic (exact) mass is 309 g/mol. The van der Waals surface area contributed by atoms with Crippen LogP contribution in [-0.2, 0) is 13.0 Å². The fourth-order valence-corrected chi connectivity index (χ4v) is 2.35. The first-order valence-electron chi connectivity index (χ1n) is 6.81. The van der Waals surface area contributed by atoms with Crippen LogP contribution >= 0.6 is 0 Å². The molecule has 0 atom stereocenters. The Kier molecular flexibility index (Phi) is 3.89. The number of nitrogens with zero attached hydrogens (tertiary/aromatic N) is 1. The third kappa shape index (κ3) is 3.48. The molecule has 1 aliphatic rings. The zero-order valence-corrected chi connectivity index (χ0v) is 11.6.